The second-order valence-corrected chi connectivity index (χ2v) is 5.53. The summed E-state index contributed by atoms with van der Waals surface area (Å²) in [4.78, 5) is 0. The highest BCUT2D eigenvalue weighted by Gasteiger charge is 2.14. The van der Waals surface area contributed by atoms with Crippen molar-refractivity contribution >= 4 is 0 Å². The minimum atomic E-state index is 0.436. The summed E-state index contributed by atoms with van der Waals surface area (Å²) in [6.07, 6.45) is 10.3. The summed E-state index contributed by atoms with van der Waals surface area (Å²) in [6, 6.07) is 0. The molecule has 3 heteroatoms. The molecule has 0 amide bonds. The van der Waals surface area contributed by atoms with E-state index < -0.39 is 0 Å². The molecule has 2 aliphatic rings. The third-order valence-electron chi connectivity index (χ3n) is 4.10. The Labute approximate surface area is 106 Å². The molecule has 2 N–H and O–H groups in total. The molecule has 100 valence electrons. The molecule has 2 fully saturated rings. The highest BCUT2D eigenvalue weighted by Crippen LogP contribution is 2.25. The topological polar surface area (TPSA) is 33.3 Å². The zero-order chi connectivity index (χ0) is 11.8. The average molecular weight is 240 g/mol. The van der Waals surface area contributed by atoms with E-state index in [0.717, 1.165) is 38.6 Å². The van der Waals surface area contributed by atoms with Crippen LogP contribution in [0.5, 0.6) is 0 Å². The number of rotatable bonds is 6. The van der Waals surface area contributed by atoms with E-state index in [1.807, 2.05) is 0 Å². The van der Waals surface area contributed by atoms with Gasteiger partial charge in [-0.3, -0.25) is 0 Å². The lowest BCUT2D eigenvalue weighted by molar-refractivity contribution is 0.0238. The minimum Gasteiger partial charge on any atom is -0.376 e. The van der Waals surface area contributed by atoms with Crippen molar-refractivity contribution < 1.29 is 4.74 Å². The van der Waals surface area contributed by atoms with E-state index >= 15 is 0 Å². The summed E-state index contributed by atoms with van der Waals surface area (Å²) in [7, 11) is 0. The SMILES string of the molecule is C1CCC(CCNCCC2CNCCO2)CC1. The summed E-state index contributed by atoms with van der Waals surface area (Å²) < 4.78 is 5.67. The monoisotopic (exact) mass is 240 g/mol. The van der Waals surface area contributed by atoms with Crippen molar-refractivity contribution in [3.63, 3.8) is 0 Å². The van der Waals surface area contributed by atoms with Crippen LogP contribution in [0.15, 0.2) is 0 Å². The number of hydrogen-bond acceptors (Lipinski definition) is 3. The largest absolute Gasteiger partial charge is 0.376 e. The van der Waals surface area contributed by atoms with Gasteiger partial charge in [-0.05, 0) is 31.8 Å². The van der Waals surface area contributed by atoms with E-state index in [9.17, 15) is 0 Å². The van der Waals surface area contributed by atoms with Gasteiger partial charge in [-0.1, -0.05) is 32.1 Å². The lowest BCUT2D eigenvalue weighted by atomic mass is 9.87. The Morgan fingerprint density at radius 2 is 1.88 bits per heavy atom. The van der Waals surface area contributed by atoms with Crippen molar-refractivity contribution in [3.05, 3.63) is 0 Å². The van der Waals surface area contributed by atoms with Crippen molar-refractivity contribution in [2.45, 2.75) is 51.0 Å². The smallest absolute Gasteiger partial charge is 0.0712 e. The van der Waals surface area contributed by atoms with Crippen LogP contribution >= 0.6 is 0 Å². The Hall–Kier alpha value is -0.120. The lowest BCUT2D eigenvalue weighted by Crippen LogP contribution is -2.40. The maximum absolute atomic E-state index is 5.67. The maximum Gasteiger partial charge on any atom is 0.0712 e. The summed E-state index contributed by atoms with van der Waals surface area (Å²) in [5, 5.41) is 6.95. The first-order valence-corrected chi connectivity index (χ1v) is 7.48. The molecule has 0 bridgehead atoms. The van der Waals surface area contributed by atoms with Gasteiger partial charge in [-0.15, -0.1) is 0 Å². The van der Waals surface area contributed by atoms with Crippen LogP contribution in [0.4, 0.5) is 0 Å². The van der Waals surface area contributed by atoms with Crippen LogP contribution in [0.2, 0.25) is 0 Å². The standard InChI is InChI=1S/C14H28N2O/c1-2-4-13(5-3-1)6-8-15-9-7-14-12-16-10-11-17-14/h13-16H,1-12H2. The molecule has 1 heterocycles. The fraction of sp³-hybridized carbons (Fsp3) is 1.00. The second-order valence-electron chi connectivity index (χ2n) is 5.53. The van der Waals surface area contributed by atoms with Crippen molar-refractivity contribution in [1.82, 2.24) is 10.6 Å². The van der Waals surface area contributed by atoms with Crippen LogP contribution in [0.1, 0.15) is 44.9 Å². The van der Waals surface area contributed by atoms with E-state index in [2.05, 4.69) is 10.6 Å². The van der Waals surface area contributed by atoms with Gasteiger partial charge in [0.15, 0.2) is 0 Å². The maximum atomic E-state index is 5.67. The van der Waals surface area contributed by atoms with Crippen LogP contribution in [0.3, 0.4) is 0 Å². The van der Waals surface area contributed by atoms with Crippen molar-refractivity contribution in [2.24, 2.45) is 5.92 Å². The molecule has 1 saturated heterocycles. The van der Waals surface area contributed by atoms with Crippen LogP contribution in [0, 0.1) is 5.92 Å². The molecule has 1 atom stereocenters. The Balaban J connectivity index is 1.42. The van der Waals surface area contributed by atoms with E-state index in [-0.39, 0.29) is 0 Å². The third-order valence-corrected chi connectivity index (χ3v) is 4.10. The van der Waals surface area contributed by atoms with Crippen molar-refractivity contribution in [3.8, 4) is 0 Å². The Bertz CT molecular complexity index is 167. The van der Waals surface area contributed by atoms with Gasteiger partial charge in [0.05, 0.1) is 12.7 Å². The van der Waals surface area contributed by atoms with Gasteiger partial charge in [0, 0.05) is 13.1 Å². The molecule has 0 spiro atoms. The molecule has 1 saturated carbocycles. The minimum absolute atomic E-state index is 0.436. The Kier molecular flexibility index (Phi) is 6.32. The molecule has 1 aliphatic carbocycles. The number of hydrogen-bond donors (Lipinski definition) is 2. The van der Waals surface area contributed by atoms with Gasteiger partial charge in [-0.25, -0.2) is 0 Å². The predicted octanol–water partition coefficient (Wildman–Crippen LogP) is 1.92. The highest BCUT2D eigenvalue weighted by molar-refractivity contribution is 4.69. The first kappa shape index (κ1) is 13.3. The molecule has 2 rings (SSSR count). The number of nitrogens with one attached hydrogen (secondary N) is 2. The molecule has 0 aromatic heterocycles. The van der Waals surface area contributed by atoms with Gasteiger partial charge in [0.25, 0.3) is 0 Å². The van der Waals surface area contributed by atoms with Gasteiger partial charge < -0.3 is 15.4 Å². The zero-order valence-electron chi connectivity index (χ0n) is 11.0. The number of morpholine rings is 1. The summed E-state index contributed by atoms with van der Waals surface area (Å²) in [5.41, 5.74) is 0. The fourth-order valence-corrected chi connectivity index (χ4v) is 2.98. The van der Waals surface area contributed by atoms with E-state index in [1.54, 1.807) is 0 Å². The molecule has 1 aliphatic heterocycles. The van der Waals surface area contributed by atoms with Gasteiger partial charge in [0.2, 0.25) is 0 Å². The summed E-state index contributed by atoms with van der Waals surface area (Å²) in [6.45, 7) is 5.24. The molecule has 0 aromatic carbocycles. The second kappa shape index (κ2) is 8.06. The van der Waals surface area contributed by atoms with E-state index in [0.29, 0.717) is 6.10 Å². The van der Waals surface area contributed by atoms with Crippen LogP contribution < -0.4 is 10.6 Å². The average Bonchev–Trinajstić information content (AvgIpc) is 2.41. The highest BCUT2D eigenvalue weighted by atomic mass is 16.5. The normalized spacial score (nSPS) is 27.2. The van der Waals surface area contributed by atoms with E-state index in [4.69, 9.17) is 4.74 Å². The van der Waals surface area contributed by atoms with Crippen LogP contribution in [0.25, 0.3) is 0 Å². The first-order valence-electron chi connectivity index (χ1n) is 7.48. The molecule has 1 unspecified atom stereocenters. The van der Waals surface area contributed by atoms with Crippen molar-refractivity contribution in [2.75, 3.05) is 32.8 Å². The van der Waals surface area contributed by atoms with Crippen LogP contribution in [-0.2, 0) is 4.74 Å². The fourth-order valence-electron chi connectivity index (χ4n) is 2.98. The van der Waals surface area contributed by atoms with E-state index in [1.165, 1.54) is 45.1 Å². The van der Waals surface area contributed by atoms with Gasteiger partial charge >= 0.3 is 0 Å². The zero-order valence-corrected chi connectivity index (χ0v) is 11.0. The van der Waals surface area contributed by atoms with Crippen LogP contribution in [-0.4, -0.2) is 38.9 Å². The predicted molar refractivity (Wildman–Crippen MR) is 71.3 cm³/mol. The molecule has 0 aromatic rings. The molecule has 0 radical (unpaired) electrons. The van der Waals surface area contributed by atoms with Gasteiger partial charge in [-0.2, -0.15) is 0 Å². The Morgan fingerprint density at radius 3 is 2.65 bits per heavy atom. The lowest BCUT2D eigenvalue weighted by Gasteiger charge is -2.24. The summed E-state index contributed by atoms with van der Waals surface area (Å²) in [5.74, 6) is 1.00. The molecule has 17 heavy (non-hydrogen) atoms. The number of ether oxygens (including phenoxy) is 1. The first-order chi connectivity index (χ1) is 8.45. The van der Waals surface area contributed by atoms with Gasteiger partial charge in [0.1, 0.15) is 0 Å². The molecular weight excluding hydrogens is 212 g/mol. The van der Waals surface area contributed by atoms with Crippen molar-refractivity contribution in [1.29, 1.82) is 0 Å². The summed E-state index contributed by atoms with van der Waals surface area (Å²) >= 11 is 0. The quantitative estimate of drug-likeness (QED) is 0.696. The molecular formula is C14H28N2O. The Morgan fingerprint density at radius 1 is 1.06 bits per heavy atom. The molecule has 3 nitrogen and oxygen atoms in total. The third kappa shape index (κ3) is 5.36.